The van der Waals surface area contributed by atoms with Crippen molar-refractivity contribution in [2.45, 2.75) is 4.90 Å². The number of amides is 1. The average Bonchev–Trinajstić information content (AvgIpc) is 2.83. The second-order valence-electron chi connectivity index (χ2n) is 7.00. The fraction of sp³-hybridized carbons (Fsp3) is 0.238. The van der Waals surface area contributed by atoms with Gasteiger partial charge >= 0.3 is 5.97 Å². The maximum absolute atomic E-state index is 13.7. The van der Waals surface area contributed by atoms with Crippen molar-refractivity contribution < 1.29 is 36.8 Å². The van der Waals surface area contributed by atoms with Crippen molar-refractivity contribution in [1.29, 1.82) is 0 Å². The van der Waals surface area contributed by atoms with Crippen LogP contribution in [0.4, 0.5) is 15.8 Å². The van der Waals surface area contributed by atoms with Gasteiger partial charge in [0.2, 0.25) is 10.0 Å². The fourth-order valence-corrected chi connectivity index (χ4v) is 4.35. The first kappa shape index (κ1) is 25.0. The van der Waals surface area contributed by atoms with Crippen LogP contribution in [0.5, 0.6) is 0 Å². The minimum absolute atomic E-state index is 0.110. The van der Waals surface area contributed by atoms with Crippen molar-refractivity contribution in [2.75, 3.05) is 38.2 Å². The summed E-state index contributed by atoms with van der Waals surface area (Å²) < 4.78 is 50.2. The lowest BCUT2D eigenvalue weighted by Crippen LogP contribution is -2.40. The first-order valence-corrected chi connectivity index (χ1v) is 11.4. The van der Waals surface area contributed by atoms with E-state index in [0.717, 1.165) is 24.3 Å². The van der Waals surface area contributed by atoms with E-state index in [-0.39, 0.29) is 18.0 Å². The maximum Gasteiger partial charge on any atom is 0.331 e. The van der Waals surface area contributed by atoms with Gasteiger partial charge in [0.1, 0.15) is 5.82 Å². The first-order chi connectivity index (χ1) is 16.2. The van der Waals surface area contributed by atoms with E-state index < -0.39 is 50.6 Å². The van der Waals surface area contributed by atoms with E-state index in [0.29, 0.717) is 18.8 Å². The number of sulfonamides is 1. The quantitative estimate of drug-likeness (QED) is 0.254. The number of halogens is 1. The third kappa shape index (κ3) is 6.43. The van der Waals surface area contributed by atoms with Gasteiger partial charge in [0.25, 0.3) is 11.6 Å². The summed E-state index contributed by atoms with van der Waals surface area (Å²) in [5.74, 6) is -2.65. The maximum atomic E-state index is 13.7. The molecule has 3 rings (SSSR count). The molecule has 1 N–H and O–H groups in total. The van der Waals surface area contributed by atoms with Crippen LogP contribution in [0, 0.1) is 15.9 Å². The van der Waals surface area contributed by atoms with Crippen molar-refractivity contribution in [3.63, 3.8) is 0 Å². The summed E-state index contributed by atoms with van der Waals surface area (Å²) in [5.41, 5.74) is -0.320. The lowest BCUT2D eigenvalue weighted by Gasteiger charge is -2.26. The molecule has 1 heterocycles. The standard InChI is InChI=1S/C21H20FN3O8S/c22-18-7-4-16(25(28)29)13-19(18)23-20(26)14-33-21(27)8-3-15-1-5-17(6-2-15)34(30,31)24-9-11-32-12-10-24/h1-8,13H,9-12,14H2,(H,23,26)/b8-3+. The average molecular weight is 493 g/mol. The highest BCUT2D eigenvalue weighted by Crippen LogP contribution is 2.21. The summed E-state index contributed by atoms with van der Waals surface area (Å²) in [5, 5.41) is 12.8. The second kappa shape index (κ2) is 11.0. The molecule has 1 aliphatic rings. The molecular formula is C21H20FN3O8S. The lowest BCUT2D eigenvalue weighted by molar-refractivity contribution is -0.384. The molecule has 2 aromatic rings. The Kier molecular flexibility index (Phi) is 8.04. The molecule has 0 bridgehead atoms. The SMILES string of the molecule is O=C(COC(=O)/C=C/c1ccc(S(=O)(=O)N2CCOCC2)cc1)Nc1cc([N+](=O)[O-])ccc1F. The van der Waals surface area contributed by atoms with Gasteiger partial charge in [-0.3, -0.25) is 14.9 Å². The van der Waals surface area contributed by atoms with E-state index in [1.165, 1.54) is 34.6 Å². The predicted molar refractivity (Wildman–Crippen MR) is 118 cm³/mol. The van der Waals surface area contributed by atoms with E-state index in [4.69, 9.17) is 9.47 Å². The first-order valence-electron chi connectivity index (χ1n) is 9.93. The second-order valence-corrected chi connectivity index (χ2v) is 8.93. The number of nitrogens with zero attached hydrogens (tertiary/aromatic N) is 2. The largest absolute Gasteiger partial charge is 0.452 e. The lowest BCUT2D eigenvalue weighted by atomic mass is 10.2. The molecule has 13 heteroatoms. The van der Waals surface area contributed by atoms with Crippen LogP contribution >= 0.6 is 0 Å². The topological polar surface area (TPSA) is 145 Å². The molecule has 0 aliphatic carbocycles. The van der Waals surface area contributed by atoms with Gasteiger partial charge in [-0.1, -0.05) is 12.1 Å². The summed E-state index contributed by atoms with van der Waals surface area (Å²) in [6.45, 7) is 0.469. The Bertz CT molecular complexity index is 1210. The molecule has 0 spiro atoms. The number of benzene rings is 2. The highest BCUT2D eigenvalue weighted by atomic mass is 32.2. The van der Waals surface area contributed by atoms with Crippen molar-refractivity contribution >= 4 is 39.4 Å². The molecule has 34 heavy (non-hydrogen) atoms. The zero-order valence-corrected chi connectivity index (χ0v) is 18.5. The van der Waals surface area contributed by atoms with Crippen LogP contribution in [0.3, 0.4) is 0 Å². The molecule has 0 saturated carbocycles. The molecule has 1 amide bonds. The normalized spacial score (nSPS) is 14.6. The highest BCUT2D eigenvalue weighted by molar-refractivity contribution is 7.89. The Balaban J connectivity index is 1.52. The van der Waals surface area contributed by atoms with E-state index in [9.17, 15) is 32.5 Å². The fourth-order valence-electron chi connectivity index (χ4n) is 2.94. The molecule has 0 atom stereocenters. The molecule has 11 nitrogen and oxygen atoms in total. The summed E-state index contributed by atoms with van der Waals surface area (Å²) in [6.07, 6.45) is 2.40. The van der Waals surface area contributed by atoms with Gasteiger partial charge in [-0.25, -0.2) is 17.6 Å². The van der Waals surface area contributed by atoms with Crippen LogP contribution in [0.2, 0.25) is 0 Å². The number of non-ortho nitro benzene ring substituents is 1. The Labute approximate surface area is 194 Å². The number of carbonyl (C=O) groups excluding carboxylic acids is 2. The highest BCUT2D eigenvalue weighted by Gasteiger charge is 2.26. The predicted octanol–water partition coefficient (Wildman–Crippen LogP) is 1.95. The van der Waals surface area contributed by atoms with E-state index in [1.54, 1.807) is 0 Å². The van der Waals surface area contributed by atoms with Crippen LogP contribution in [-0.4, -0.2) is 62.4 Å². The zero-order valence-electron chi connectivity index (χ0n) is 17.7. The summed E-state index contributed by atoms with van der Waals surface area (Å²) in [7, 11) is -3.64. The number of anilines is 1. The van der Waals surface area contributed by atoms with Crippen LogP contribution < -0.4 is 5.32 Å². The van der Waals surface area contributed by atoms with Crippen LogP contribution in [0.1, 0.15) is 5.56 Å². The molecular weight excluding hydrogens is 473 g/mol. The number of hydrogen-bond donors (Lipinski definition) is 1. The van der Waals surface area contributed by atoms with Gasteiger partial charge in [-0.2, -0.15) is 4.31 Å². The Morgan fingerprint density at radius 2 is 1.85 bits per heavy atom. The number of nitro groups is 1. The number of nitrogens with one attached hydrogen (secondary N) is 1. The van der Waals surface area contributed by atoms with E-state index in [2.05, 4.69) is 5.32 Å². The summed E-state index contributed by atoms with van der Waals surface area (Å²) in [6, 6.07) is 8.47. The molecule has 180 valence electrons. The summed E-state index contributed by atoms with van der Waals surface area (Å²) >= 11 is 0. The van der Waals surface area contributed by atoms with Gasteiger partial charge in [0.05, 0.1) is 28.7 Å². The van der Waals surface area contributed by atoms with Gasteiger partial charge in [-0.05, 0) is 29.8 Å². The zero-order chi connectivity index (χ0) is 24.7. The number of carbonyl (C=O) groups is 2. The molecule has 2 aromatic carbocycles. The minimum atomic E-state index is -3.64. The monoisotopic (exact) mass is 493 g/mol. The van der Waals surface area contributed by atoms with Crippen molar-refractivity contribution in [2.24, 2.45) is 0 Å². The van der Waals surface area contributed by atoms with E-state index in [1.807, 2.05) is 0 Å². The third-order valence-electron chi connectivity index (χ3n) is 4.68. The summed E-state index contributed by atoms with van der Waals surface area (Å²) in [4.78, 5) is 33.8. The number of esters is 1. The minimum Gasteiger partial charge on any atom is -0.452 e. The van der Waals surface area contributed by atoms with Gasteiger partial charge < -0.3 is 14.8 Å². The van der Waals surface area contributed by atoms with Gasteiger partial charge in [0, 0.05) is 31.3 Å². The molecule has 1 saturated heterocycles. The molecule has 0 aromatic heterocycles. The number of rotatable bonds is 8. The van der Waals surface area contributed by atoms with Crippen LogP contribution in [0.25, 0.3) is 6.08 Å². The number of morpholine rings is 1. The van der Waals surface area contributed by atoms with Crippen LogP contribution in [-0.2, 0) is 29.1 Å². The van der Waals surface area contributed by atoms with Gasteiger partial charge in [-0.15, -0.1) is 0 Å². The number of nitro benzene ring substituents is 1. The third-order valence-corrected chi connectivity index (χ3v) is 6.59. The van der Waals surface area contributed by atoms with Crippen LogP contribution in [0.15, 0.2) is 53.4 Å². The van der Waals surface area contributed by atoms with Crippen molar-refractivity contribution in [3.05, 3.63) is 70.0 Å². The van der Waals surface area contributed by atoms with Crippen molar-refractivity contribution in [1.82, 2.24) is 4.31 Å². The Morgan fingerprint density at radius 3 is 2.50 bits per heavy atom. The van der Waals surface area contributed by atoms with Gasteiger partial charge in [0.15, 0.2) is 6.61 Å². The Hall–Kier alpha value is -3.68. The number of hydrogen-bond acceptors (Lipinski definition) is 8. The molecule has 0 unspecified atom stereocenters. The van der Waals surface area contributed by atoms with E-state index >= 15 is 0 Å². The molecule has 1 fully saturated rings. The smallest absolute Gasteiger partial charge is 0.331 e. The molecule has 1 aliphatic heterocycles. The molecule has 0 radical (unpaired) electrons. The number of ether oxygens (including phenoxy) is 2. The van der Waals surface area contributed by atoms with Crippen molar-refractivity contribution in [3.8, 4) is 0 Å². The Morgan fingerprint density at radius 1 is 1.18 bits per heavy atom.